The summed E-state index contributed by atoms with van der Waals surface area (Å²) in [4.78, 5) is 14.7. The normalized spacial score (nSPS) is 24.1. The number of nitrogens with zero attached hydrogens (tertiary/aromatic N) is 1. The van der Waals surface area contributed by atoms with Crippen LogP contribution in [0, 0.1) is 5.92 Å². The first-order chi connectivity index (χ1) is 13.1. The van der Waals surface area contributed by atoms with Gasteiger partial charge < -0.3 is 14.7 Å². The second kappa shape index (κ2) is 7.80. The van der Waals surface area contributed by atoms with Gasteiger partial charge in [-0.1, -0.05) is 47.5 Å². The van der Waals surface area contributed by atoms with Crippen molar-refractivity contribution < 1.29 is 14.6 Å². The number of benzene rings is 2. The van der Waals surface area contributed by atoms with E-state index in [1.807, 2.05) is 53.4 Å². The van der Waals surface area contributed by atoms with Gasteiger partial charge in [0.05, 0.1) is 18.7 Å². The van der Waals surface area contributed by atoms with E-state index in [1.165, 1.54) is 0 Å². The highest BCUT2D eigenvalue weighted by Gasteiger charge is 2.46. The third kappa shape index (κ3) is 3.85. The van der Waals surface area contributed by atoms with Crippen molar-refractivity contribution in [2.75, 3.05) is 13.2 Å². The number of carbonyl (C=O) groups excluding carboxylic acids is 1. The SMILES string of the molecule is O=C1CO[C@H](c2cccc(Cl)c2)[C@@H](c2ccc(Cl)cc2)N1[C@@H](CO)C1CC1. The Labute approximate surface area is 168 Å². The van der Waals surface area contributed by atoms with Crippen molar-refractivity contribution in [1.29, 1.82) is 0 Å². The molecule has 6 heteroatoms. The van der Waals surface area contributed by atoms with Crippen LogP contribution >= 0.6 is 23.2 Å². The minimum Gasteiger partial charge on any atom is -0.394 e. The van der Waals surface area contributed by atoms with Crippen LogP contribution in [0.15, 0.2) is 48.5 Å². The maximum Gasteiger partial charge on any atom is 0.249 e. The number of rotatable bonds is 5. The summed E-state index contributed by atoms with van der Waals surface area (Å²) in [5.41, 5.74) is 1.84. The lowest BCUT2D eigenvalue weighted by molar-refractivity contribution is -0.165. The molecule has 0 spiro atoms. The fraction of sp³-hybridized carbons (Fsp3) is 0.381. The number of carbonyl (C=O) groups is 1. The van der Waals surface area contributed by atoms with Crippen molar-refractivity contribution in [2.45, 2.75) is 31.0 Å². The third-order valence-electron chi connectivity index (χ3n) is 5.36. The van der Waals surface area contributed by atoms with Gasteiger partial charge in [-0.05, 0) is 54.2 Å². The van der Waals surface area contributed by atoms with Gasteiger partial charge in [-0.25, -0.2) is 0 Å². The highest BCUT2D eigenvalue weighted by molar-refractivity contribution is 6.30. The minimum atomic E-state index is -0.365. The second-order valence-electron chi connectivity index (χ2n) is 7.17. The molecule has 1 heterocycles. The zero-order chi connectivity index (χ0) is 19.0. The Morgan fingerprint density at radius 3 is 2.44 bits per heavy atom. The molecule has 0 bridgehead atoms. The number of halogens is 2. The van der Waals surface area contributed by atoms with Crippen LogP contribution in [0.25, 0.3) is 0 Å². The van der Waals surface area contributed by atoms with Crippen molar-refractivity contribution in [2.24, 2.45) is 5.92 Å². The maximum atomic E-state index is 12.9. The fourth-order valence-corrected chi connectivity index (χ4v) is 4.25. The first kappa shape index (κ1) is 18.8. The van der Waals surface area contributed by atoms with Crippen LogP contribution in [-0.2, 0) is 9.53 Å². The smallest absolute Gasteiger partial charge is 0.249 e. The fourth-order valence-electron chi connectivity index (χ4n) is 3.92. The summed E-state index contributed by atoms with van der Waals surface area (Å²) in [5.74, 6) is 0.242. The van der Waals surface area contributed by atoms with E-state index < -0.39 is 0 Å². The summed E-state index contributed by atoms with van der Waals surface area (Å²) in [6.07, 6.45) is 1.70. The molecular formula is C21H21Cl2NO3. The van der Waals surface area contributed by atoms with Gasteiger partial charge in [-0.2, -0.15) is 0 Å². The summed E-state index contributed by atoms with van der Waals surface area (Å²) < 4.78 is 5.99. The number of hydrogen-bond acceptors (Lipinski definition) is 3. The van der Waals surface area contributed by atoms with Gasteiger partial charge in [-0.3, -0.25) is 4.79 Å². The van der Waals surface area contributed by atoms with Crippen molar-refractivity contribution in [3.05, 3.63) is 69.7 Å². The van der Waals surface area contributed by atoms with Gasteiger partial charge in [0, 0.05) is 10.0 Å². The standard InChI is InChI=1S/C21H21Cl2NO3/c22-16-8-6-14(7-9-16)20-21(15-2-1-3-17(23)10-15)27-12-19(26)24(20)18(11-25)13-4-5-13/h1-3,6-10,13,18,20-21,25H,4-5,11-12H2/t18-,20+,21+/m0/s1. The molecule has 3 atom stereocenters. The monoisotopic (exact) mass is 405 g/mol. The minimum absolute atomic E-state index is 0.00943. The van der Waals surface area contributed by atoms with Crippen molar-refractivity contribution >= 4 is 29.1 Å². The molecular weight excluding hydrogens is 385 g/mol. The molecule has 1 amide bonds. The third-order valence-corrected chi connectivity index (χ3v) is 5.85. The lowest BCUT2D eigenvalue weighted by Crippen LogP contribution is -2.52. The average Bonchev–Trinajstić information content (AvgIpc) is 3.49. The Hall–Kier alpha value is -1.59. The molecule has 2 aromatic rings. The van der Waals surface area contributed by atoms with E-state index in [2.05, 4.69) is 0 Å². The Balaban J connectivity index is 1.79. The number of hydrogen-bond donors (Lipinski definition) is 1. The van der Waals surface area contributed by atoms with E-state index in [4.69, 9.17) is 27.9 Å². The van der Waals surface area contributed by atoms with E-state index in [0.717, 1.165) is 24.0 Å². The van der Waals surface area contributed by atoms with Gasteiger partial charge in [0.2, 0.25) is 5.91 Å². The van der Waals surface area contributed by atoms with Crippen LogP contribution in [-0.4, -0.2) is 35.2 Å². The quantitative estimate of drug-likeness (QED) is 0.801. The van der Waals surface area contributed by atoms with Crippen molar-refractivity contribution in [1.82, 2.24) is 4.90 Å². The maximum absolute atomic E-state index is 12.9. The number of amides is 1. The van der Waals surface area contributed by atoms with Crippen LogP contribution in [0.4, 0.5) is 0 Å². The first-order valence-electron chi connectivity index (χ1n) is 9.13. The second-order valence-corrected chi connectivity index (χ2v) is 8.04. The van der Waals surface area contributed by atoms with Crippen LogP contribution in [0.1, 0.15) is 36.1 Å². The highest BCUT2D eigenvalue weighted by atomic mass is 35.5. The summed E-state index contributed by atoms with van der Waals surface area (Å²) >= 11 is 12.3. The number of morpholine rings is 1. The molecule has 1 N–H and O–H groups in total. The van der Waals surface area contributed by atoms with E-state index in [0.29, 0.717) is 16.0 Å². The molecule has 0 radical (unpaired) electrons. The Morgan fingerprint density at radius 2 is 1.81 bits per heavy atom. The predicted molar refractivity (Wildman–Crippen MR) is 105 cm³/mol. The summed E-state index contributed by atoms with van der Waals surface area (Å²) in [6.45, 7) is -0.0622. The molecule has 4 nitrogen and oxygen atoms in total. The van der Waals surface area contributed by atoms with E-state index in [-0.39, 0.29) is 37.3 Å². The molecule has 1 saturated carbocycles. The molecule has 142 valence electrons. The summed E-state index contributed by atoms with van der Waals surface area (Å²) in [6, 6.07) is 14.4. The van der Waals surface area contributed by atoms with Crippen LogP contribution in [0.2, 0.25) is 10.0 Å². The predicted octanol–water partition coefficient (Wildman–Crippen LogP) is 4.41. The lowest BCUT2D eigenvalue weighted by atomic mass is 9.91. The van der Waals surface area contributed by atoms with E-state index in [1.54, 1.807) is 0 Å². The molecule has 27 heavy (non-hydrogen) atoms. The molecule has 2 fully saturated rings. The Kier molecular flexibility index (Phi) is 5.42. The Bertz CT molecular complexity index is 822. The molecule has 0 aromatic heterocycles. The molecule has 1 saturated heterocycles. The van der Waals surface area contributed by atoms with Gasteiger partial charge in [0.25, 0.3) is 0 Å². The zero-order valence-electron chi connectivity index (χ0n) is 14.7. The number of aliphatic hydroxyl groups excluding tert-OH is 1. The van der Waals surface area contributed by atoms with Crippen LogP contribution < -0.4 is 0 Å². The average molecular weight is 406 g/mol. The van der Waals surface area contributed by atoms with Crippen molar-refractivity contribution in [3.63, 3.8) is 0 Å². The van der Waals surface area contributed by atoms with Gasteiger partial charge >= 0.3 is 0 Å². The van der Waals surface area contributed by atoms with Crippen molar-refractivity contribution in [3.8, 4) is 0 Å². The highest BCUT2D eigenvalue weighted by Crippen LogP contribution is 2.46. The topological polar surface area (TPSA) is 49.8 Å². The van der Waals surface area contributed by atoms with E-state index >= 15 is 0 Å². The zero-order valence-corrected chi connectivity index (χ0v) is 16.2. The molecule has 0 unspecified atom stereocenters. The van der Waals surface area contributed by atoms with Gasteiger partial charge in [0.1, 0.15) is 12.7 Å². The van der Waals surface area contributed by atoms with Gasteiger partial charge in [0.15, 0.2) is 0 Å². The van der Waals surface area contributed by atoms with Gasteiger partial charge in [-0.15, -0.1) is 0 Å². The molecule has 1 aliphatic heterocycles. The molecule has 2 aliphatic rings. The number of ether oxygens (including phenoxy) is 1. The first-order valence-corrected chi connectivity index (χ1v) is 9.88. The Morgan fingerprint density at radius 1 is 1.07 bits per heavy atom. The summed E-state index contributed by atoms with van der Waals surface area (Å²) in [7, 11) is 0. The molecule has 1 aliphatic carbocycles. The number of aliphatic hydroxyl groups is 1. The molecule has 2 aromatic carbocycles. The van der Waals surface area contributed by atoms with Crippen LogP contribution in [0.3, 0.4) is 0 Å². The summed E-state index contributed by atoms with van der Waals surface area (Å²) in [5, 5.41) is 11.3. The lowest BCUT2D eigenvalue weighted by Gasteiger charge is -2.45. The van der Waals surface area contributed by atoms with Crippen LogP contribution in [0.5, 0.6) is 0 Å². The largest absolute Gasteiger partial charge is 0.394 e. The van der Waals surface area contributed by atoms with E-state index in [9.17, 15) is 9.90 Å². The molecule has 4 rings (SSSR count).